The average molecular weight is 428 g/mol. The minimum absolute atomic E-state index is 0.181. The molecule has 0 amide bonds. The molecule has 0 saturated carbocycles. The lowest BCUT2D eigenvalue weighted by Crippen LogP contribution is -2.00. The molecule has 0 spiro atoms. The topological polar surface area (TPSA) is 97.6 Å². The zero-order chi connectivity index (χ0) is 22.7. The number of aromatic nitrogens is 3. The highest BCUT2D eigenvalue weighted by atomic mass is 16.5. The maximum Gasteiger partial charge on any atom is 0.164 e. The molecule has 0 saturated heterocycles. The van der Waals surface area contributed by atoms with Crippen molar-refractivity contribution >= 4 is 0 Å². The molecule has 0 bridgehead atoms. The Morgan fingerprint density at radius 3 is 2.03 bits per heavy atom. The Kier molecular flexibility index (Phi) is 13.6. The second-order valence-corrected chi connectivity index (χ2v) is 6.51. The smallest absolute Gasteiger partial charge is 0.164 e. The number of para-hydroxylation sites is 3. The standard InChI is InChI=1S/C14H22O2.C7H8O2.C3H3N3/c1-3-5-6-7-11-16-14-12(4-2)9-8-10-13(14)15;1-9-7-5-3-2-4-6(7)8;1-2-4-6-5-3-1/h8-10,15H,3-7,11H2,1-2H3;2-5,8H,1H3;1-3H. The molecule has 1 aromatic heterocycles. The van der Waals surface area contributed by atoms with Crippen LogP contribution in [0.15, 0.2) is 60.9 Å². The van der Waals surface area contributed by atoms with E-state index in [4.69, 9.17) is 14.6 Å². The SMILES string of the molecule is CCCCCCOc1c(O)cccc1CC.COc1ccccc1O.c1cnnnc1. The van der Waals surface area contributed by atoms with Gasteiger partial charge in [0.25, 0.3) is 0 Å². The van der Waals surface area contributed by atoms with E-state index in [0.29, 0.717) is 18.1 Å². The van der Waals surface area contributed by atoms with Gasteiger partial charge in [-0.15, -0.1) is 10.2 Å². The first kappa shape index (κ1) is 25.7. The van der Waals surface area contributed by atoms with Crippen molar-refractivity contribution in [2.75, 3.05) is 13.7 Å². The number of benzene rings is 2. The zero-order valence-electron chi connectivity index (χ0n) is 18.6. The summed E-state index contributed by atoms with van der Waals surface area (Å²) < 4.78 is 10.5. The molecule has 7 heteroatoms. The maximum atomic E-state index is 9.70. The fourth-order valence-corrected chi connectivity index (χ4v) is 2.55. The van der Waals surface area contributed by atoms with Gasteiger partial charge >= 0.3 is 0 Å². The van der Waals surface area contributed by atoms with Gasteiger partial charge in [-0.1, -0.05) is 57.4 Å². The quantitative estimate of drug-likeness (QED) is 0.478. The van der Waals surface area contributed by atoms with Crippen molar-refractivity contribution in [2.24, 2.45) is 0 Å². The highest BCUT2D eigenvalue weighted by Crippen LogP contribution is 2.30. The Morgan fingerprint density at radius 2 is 1.52 bits per heavy atom. The van der Waals surface area contributed by atoms with Crippen LogP contribution < -0.4 is 9.47 Å². The number of phenolic OH excluding ortho intramolecular Hbond substituents is 2. The average Bonchev–Trinajstić information content (AvgIpc) is 2.82. The van der Waals surface area contributed by atoms with Crippen LogP contribution >= 0.6 is 0 Å². The Balaban J connectivity index is 0.000000266. The predicted molar refractivity (Wildman–Crippen MR) is 122 cm³/mol. The predicted octanol–water partition coefficient (Wildman–Crippen LogP) is 5.19. The Hall–Kier alpha value is -3.35. The highest BCUT2D eigenvalue weighted by Gasteiger charge is 2.06. The van der Waals surface area contributed by atoms with E-state index in [1.807, 2.05) is 12.1 Å². The maximum absolute atomic E-state index is 9.70. The van der Waals surface area contributed by atoms with Gasteiger partial charge in [-0.3, -0.25) is 0 Å². The minimum Gasteiger partial charge on any atom is -0.504 e. The van der Waals surface area contributed by atoms with E-state index in [2.05, 4.69) is 29.3 Å². The van der Waals surface area contributed by atoms with Crippen LogP contribution in [0.1, 0.15) is 45.1 Å². The lowest BCUT2D eigenvalue weighted by molar-refractivity contribution is 0.286. The summed E-state index contributed by atoms with van der Waals surface area (Å²) in [5.41, 5.74) is 1.08. The number of methoxy groups -OCH3 is 1. The number of aromatic hydroxyl groups is 2. The molecule has 0 aliphatic heterocycles. The van der Waals surface area contributed by atoms with E-state index in [1.165, 1.54) is 26.4 Å². The number of nitrogens with zero attached hydrogens (tertiary/aromatic N) is 3. The van der Waals surface area contributed by atoms with Crippen LogP contribution in [-0.2, 0) is 6.42 Å². The molecule has 0 atom stereocenters. The van der Waals surface area contributed by atoms with Gasteiger partial charge in [0.05, 0.1) is 26.1 Å². The summed E-state index contributed by atoms with van der Waals surface area (Å²) in [7, 11) is 1.52. The fourth-order valence-electron chi connectivity index (χ4n) is 2.55. The third-order valence-electron chi connectivity index (χ3n) is 4.19. The lowest BCUT2D eigenvalue weighted by Gasteiger charge is -2.11. The number of rotatable bonds is 8. The van der Waals surface area contributed by atoms with Gasteiger partial charge in [-0.25, -0.2) is 0 Å². The molecule has 168 valence electrons. The van der Waals surface area contributed by atoms with Crippen LogP contribution in [-0.4, -0.2) is 39.3 Å². The van der Waals surface area contributed by atoms with E-state index in [-0.39, 0.29) is 11.5 Å². The van der Waals surface area contributed by atoms with Crippen LogP contribution in [0.2, 0.25) is 0 Å². The molecular formula is C24H33N3O4. The van der Waals surface area contributed by atoms with Crippen LogP contribution in [0.3, 0.4) is 0 Å². The third kappa shape index (κ3) is 10.8. The Morgan fingerprint density at radius 1 is 0.806 bits per heavy atom. The highest BCUT2D eigenvalue weighted by molar-refractivity contribution is 5.45. The molecule has 31 heavy (non-hydrogen) atoms. The van der Waals surface area contributed by atoms with Gasteiger partial charge in [0, 0.05) is 0 Å². The molecule has 0 unspecified atom stereocenters. The minimum atomic E-state index is 0.181. The monoisotopic (exact) mass is 427 g/mol. The van der Waals surface area contributed by atoms with Crippen molar-refractivity contribution in [2.45, 2.75) is 46.0 Å². The summed E-state index contributed by atoms with van der Waals surface area (Å²) in [4.78, 5) is 0. The fraction of sp³-hybridized carbons (Fsp3) is 0.375. The third-order valence-corrected chi connectivity index (χ3v) is 4.19. The number of phenols is 2. The molecule has 2 aromatic carbocycles. The van der Waals surface area contributed by atoms with Crippen LogP contribution in [0, 0.1) is 0 Å². The first-order valence-electron chi connectivity index (χ1n) is 10.5. The van der Waals surface area contributed by atoms with Crippen LogP contribution in [0.5, 0.6) is 23.0 Å². The van der Waals surface area contributed by atoms with Gasteiger partial charge in [-0.2, -0.15) is 0 Å². The van der Waals surface area contributed by atoms with Crippen LogP contribution in [0.25, 0.3) is 0 Å². The van der Waals surface area contributed by atoms with E-state index >= 15 is 0 Å². The Bertz CT molecular complexity index is 805. The molecule has 0 aliphatic rings. The largest absolute Gasteiger partial charge is 0.504 e. The second kappa shape index (κ2) is 16.4. The molecule has 0 fully saturated rings. The first-order chi connectivity index (χ1) is 15.1. The number of hydrogen-bond donors (Lipinski definition) is 2. The molecule has 0 radical (unpaired) electrons. The molecule has 3 aromatic rings. The van der Waals surface area contributed by atoms with Crippen molar-refractivity contribution in [3.05, 3.63) is 66.5 Å². The molecule has 3 rings (SSSR count). The van der Waals surface area contributed by atoms with Crippen molar-refractivity contribution in [1.82, 2.24) is 15.4 Å². The summed E-state index contributed by atoms with van der Waals surface area (Å²) in [5.74, 6) is 1.62. The van der Waals surface area contributed by atoms with Crippen molar-refractivity contribution in [3.63, 3.8) is 0 Å². The zero-order valence-corrected chi connectivity index (χ0v) is 18.6. The molecular weight excluding hydrogens is 394 g/mol. The van der Waals surface area contributed by atoms with Gasteiger partial charge in [0.2, 0.25) is 0 Å². The molecule has 0 aliphatic carbocycles. The lowest BCUT2D eigenvalue weighted by atomic mass is 10.1. The molecule has 7 nitrogen and oxygen atoms in total. The molecule has 1 heterocycles. The number of unbranched alkanes of at least 4 members (excludes halogenated alkanes) is 3. The van der Waals surface area contributed by atoms with Crippen LogP contribution in [0.4, 0.5) is 0 Å². The van der Waals surface area contributed by atoms with E-state index in [0.717, 1.165) is 18.4 Å². The van der Waals surface area contributed by atoms with E-state index in [1.54, 1.807) is 48.8 Å². The summed E-state index contributed by atoms with van der Waals surface area (Å²) >= 11 is 0. The number of ether oxygens (including phenoxy) is 2. The summed E-state index contributed by atoms with van der Waals surface area (Å²) in [5, 5.41) is 28.8. The van der Waals surface area contributed by atoms with Crippen molar-refractivity contribution < 1.29 is 19.7 Å². The second-order valence-electron chi connectivity index (χ2n) is 6.51. The summed E-state index contributed by atoms with van der Waals surface area (Å²) in [6, 6.07) is 14.1. The number of aryl methyl sites for hydroxylation is 1. The van der Waals surface area contributed by atoms with Gasteiger partial charge < -0.3 is 19.7 Å². The first-order valence-corrected chi connectivity index (χ1v) is 10.5. The summed E-state index contributed by atoms with van der Waals surface area (Å²) in [6.45, 7) is 4.96. The van der Waals surface area contributed by atoms with Gasteiger partial charge in [0.1, 0.15) is 0 Å². The summed E-state index contributed by atoms with van der Waals surface area (Å²) in [6.07, 6.45) is 8.79. The van der Waals surface area contributed by atoms with E-state index < -0.39 is 0 Å². The number of hydrogen-bond acceptors (Lipinski definition) is 7. The van der Waals surface area contributed by atoms with Gasteiger partial charge in [0.15, 0.2) is 23.0 Å². The van der Waals surface area contributed by atoms with Crippen molar-refractivity contribution in [1.29, 1.82) is 0 Å². The van der Waals surface area contributed by atoms with E-state index in [9.17, 15) is 5.11 Å². The molecule has 2 N–H and O–H groups in total. The normalized spacial score (nSPS) is 9.52. The van der Waals surface area contributed by atoms with Crippen molar-refractivity contribution in [3.8, 4) is 23.0 Å². The van der Waals surface area contributed by atoms with Gasteiger partial charge in [-0.05, 0) is 47.9 Å². The Labute approximate surface area is 184 Å².